The Morgan fingerprint density at radius 1 is 1.31 bits per heavy atom. The highest BCUT2D eigenvalue weighted by atomic mass is 79.9. The molecule has 0 fully saturated rings. The Morgan fingerprint density at radius 2 is 2.12 bits per heavy atom. The summed E-state index contributed by atoms with van der Waals surface area (Å²) >= 11 is 3.59. The molecule has 2 rings (SSSR count). The lowest BCUT2D eigenvalue weighted by molar-refractivity contribution is 0.562. The molecule has 1 N–H and O–H groups in total. The third kappa shape index (κ3) is 2.30. The van der Waals surface area contributed by atoms with E-state index in [1.165, 1.54) is 5.56 Å². The Bertz CT molecular complexity index is 465. The fourth-order valence-corrected chi connectivity index (χ4v) is 1.98. The Morgan fingerprint density at radius 3 is 2.81 bits per heavy atom. The van der Waals surface area contributed by atoms with E-state index in [1.807, 2.05) is 12.1 Å². The molecule has 0 aliphatic carbocycles. The first-order chi connectivity index (χ1) is 7.68. The quantitative estimate of drug-likeness (QED) is 0.894. The van der Waals surface area contributed by atoms with Crippen LogP contribution in [0.2, 0.25) is 0 Å². The van der Waals surface area contributed by atoms with Gasteiger partial charge in [-0.3, -0.25) is 0 Å². The Balaban J connectivity index is 2.18. The molecule has 3 heteroatoms. The van der Waals surface area contributed by atoms with Crippen LogP contribution in [-0.2, 0) is 0 Å². The van der Waals surface area contributed by atoms with Gasteiger partial charge >= 0.3 is 0 Å². The van der Waals surface area contributed by atoms with E-state index < -0.39 is 0 Å². The summed E-state index contributed by atoms with van der Waals surface area (Å²) < 4.78 is 6.19. The van der Waals surface area contributed by atoms with Gasteiger partial charge in [-0.15, -0.1) is 0 Å². The molecule has 0 spiro atoms. The molecule has 0 saturated heterocycles. The molecule has 1 unspecified atom stereocenters. The average Bonchev–Trinajstić information content (AvgIpc) is 2.78. The van der Waals surface area contributed by atoms with Crippen LogP contribution in [0.15, 0.2) is 45.7 Å². The number of benzene rings is 1. The van der Waals surface area contributed by atoms with Crippen molar-refractivity contribution in [2.24, 2.45) is 0 Å². The second-order valence-electron chi connectivity index (χ2n) is 3.86. The minimum Gasteiger partial charge on any atom is -0.472 e. The number of halogens is 1. The second-order valence-corrected chi connectivity index (χ2v) is 4.65. The predicted molar refractivity (Wildman–Crippen MR) is 69.6 cm³/mol. The lowest BCUT2D eigenvalue weighted by Crippen LogP contribution is -2.06. The Kier molecular flexibility index (Phi) is 3.34. The first-order valence-electron chi connectivity index (χ1n) is 5.22. The third-order valence-electron chi connectivity index (χ3n) is 2.61. The van der Waals surface area contributed by atoms with Crippen molar-refractivity contribution in [3.05, 3.63) is 52.4 Å². The van der Waals surface area contributed by atoms with Crippen molar-refractivity contribution >= 4 is 21.6 Å². The van der Waals surface area contributed by atoms with Crippen LogP contribution in [0, 0.1) is 6.92 Å². The summed E-state index contributed by atoms with van der Waals surface area (Å²) in [7, 11) is 0. The van der Waals surface area contributed by atoms with E-state index in [-0.39, 0.29) is 6.04 Å². The standard InChI is InChI=1S/C13H14BrNO/c1-9-4-3-5-12(13(9)14)15-10(2)11-6-7-16-8-11/h3-8,10,15H,1-2H3. The van der Waals surface area contributed by atoms with Gasteiger partial charge in [0.15, 0.2) is 0 Å². The minimum atomic E-state index is 0.233. The van der Waals surface area contributed by atoms with Crippen LogP contribution < -0.4 is 5.32 Å². The molecule has 0 amide bonds. The van der Waals surface area contributed by atoms with Gasteiger partial charge in [-0.2, -0.15) is 0 Å². The van der Waals surface area contributed by atoms with Crippen LogP contribution in [-0.4, -0.2) is 0 Å². The summed E-state index contributed by atoms with van der Waals surface area (Å²) in [6.07, 6.45) is 3.46. The van der Waals surface area contributed by atoms with Crippen molar-refractivity contribution in [2.75, 3.05) is 5.32 Å². The van der Waals surface area contributed by atoms with Crippen LogP contribution in [0.3, 0.4) is 0 Å². The van der Waals surface area contributed by atoms with Crippen LogP contribution in [0.25, 0.3) is 0 Å². The summed E-state index contributed by atoms with van der Waals surface area (Å²) in [5.41, 5.74) is 3.48. The lowest BCUT2D eigenvalue weighted by Gasteiger charge is -2.15. The van der Waals surface area contributed by atoms with Gasteiger partial charge in [-0.1, -0.05) is 12.1 Å². The summed E-state index contributed by atoms with van der Waals surface area (Å²) in [4.78, 5) is 0. The first-order valence-corrected chi connectivity index (χ1v) is 6.01. The van der Waals surface area contributed by atoms with Crippen LogP contribution in [0.1, 0.15) is 24.1 Å². The molecule has 1 aromatic heterocycles. The van der Waals surface area contributed by atoms with Gasteiger partial charge < -0.3 is 9.73 Å². The second kappa shape index (κ2) is 4.74. The van der Waals surface area contributed by atoms with Crippen molar-refractivity contribution in [3.63, 3.8) is 0 Å². The molecule has 16 heavy (non-hydrogen) atoms. The highest BCUT2D eigenvalue weighted by molar-refractivity contribution is 9.10. The molecular formula is C13H14BrNO. The predicted octanol–water partition coefficient (Wildman–Crippen LogP) is 4.52. The molecule has 84 valence electrons. The van der Waals surface area contributed by atoms with Crippen molar-refractivity contribution in [1.29, 1.82) is 0 Å². The molecule has 0 bridgehead atoms. The van der Waals surface area contributed by atoms with E-state index >= 15 is 0 Å². The molecule has 2 nitrogen and oxygen atoms in total. The number of furan rings is 1. The number of aryl methyl sites for hydroxylation is 1. The van der Waals surface area contributed by atoms with E-state index in [0.717, 1.165) is 15.7 Å². The zero-order valence-electron chi connectivity index (χ0n) is 9.33. The Hall–Kier alpha value is -1.22. The minimum absolute atomic E-state index is 0.233. The fourth-order valence-electron chi connectivity index (χ4n) is 1.60. The molecule has 1 atom stereocenters. The third-order valence-corrected chi connectivity index (χ3v) is 3.66. The molecular weight excluding hydrogens is 266 g/mol. The maximum Gasteiger partial charge on any atom is 0.0955 e. The fraction of sp³-hybridized carbons (Fsp3) is 0.231. The summed E-state index contributed by atoms with van der Waals surface area (Å²) in [6, 6.07) is 8.40. The number of anilines is 1. The van der Waals surface area contributed by atoms with E-state index in [1.54, 1.807) is 12.5 Å². The summed E-state index contributed by atoms with van der Waals surface area (Å²) in [5, 5.41) is 3.45. The van der Waals surface area contributed by atoms with Crippen molar-refractivity contribution < 1.29 is 4.42 Å². The molecule has 0 aliphatic heterocycles. The van der Waals surface area contributed by atoms with Gasteiger partial charge in [-0.05, 0) is 47.5 Å². The maximum atomic E-state index is 5.08. The van der Waals surface area contributed by atoms with Gasteiger partial charge in [0.2, 0.25) is 0 Å². The number of hydrogen-bond donors (Lipinski definition) is 1. The molecule has 2 aromatic rings. The molecule has 0 saturated carbocycles. The van der Waals surface area contributed by atoms with Crippen molar-refractivity contribution in [1.82, 2.24) is 0 Å². The monoisotopic (exact) mass is 279 g/mol. The summed E-state index contributed by atoms with van der Waals surface area (Å²) in [5.74, 6) is 0. The topological polar surface area (TPSA) is 25.2 Å². The van der Waals surface area contributed by atoms with Crippen LogP contribution in [0.5, 0.6) is 0 Å². The van der Waals surface area contributed by atoms with Gasteiger partial charge in [0.1, 0.15) is 0 Å². The largest absolute Gasteiger partial charge is 0.472 e. The number of hydrogen-bond acceptors (Lipinski definition) is 2. The number of rotatable bonds is 3. The van der Waals surface area contributed by atoms with E-state index in [9.17, 15) is 0 Å². The highest BCUT2D eigenvalue weighted by Gasteiger charge is 2.09. The maximum absolute atomic E-state index is 5.08. The highest BCUT2D eigenvalue weighted by Crippen LogP contribution is 2.29. The van der Waals surface area contributed by atoms with Gasteiger partial charge in [-0.25, -0.2) is 0 Å². The zero-order chi connectivity index (χ0) is 11.5. The van der Waals surface area contributed by atoms with Gasteiger partial charge in [0.25, 0.3) is 0 Å². The summed E-state index contributed by atoms with van der Waals surface area (Å²) in [6.45, 7) is 4.19. The van der Waals surface area contributed by atoms with E-state index in [4.69, 9.17) is 4.42 Å². The number of nitrogens with one attached hydrogen (secondary N) is 1. The van der Waals surface area contributed by atoms with Gasteiger partial charge in [0, 0.05) is 15.7 Å². The smallest absolute Gasteiger partial charge is 0.0955 e. The Labute approximate surface area is 104 Å². The van der Waals surface area contributed by atoms with Crippen LogP contribution >= 0.6 is 15.9 Å². The molecule has 0 aliphatic rings. The first kappa shape index (κ1) is 11.3. The normalized spacial score (nSPS) is 12.4. The lowest BCUT2D eigenvalue weighted by atomic mass is 10.1. The molecule has 1 heterocycles. The van der Waals surface area contributed by atoms with Crippen LogP contribution in [0.4, 0.5) is 5.69 Å². The zero-order valence-corrected chi connectivity index (χ0v) is 10.9. The van der Waals surface area contributed by atoms with Gasteiger partial charge in [0.05, 0.1) is 18.6 Å². The SMILES string of the molecule is Cc1cccc(NC(C)c2ccoc2)c1Br. The van der Waals surface area contributed by atoms with E-state index in [0.29, 0.717) is 0 Å². The molecule has 1 aromatic carbocycles. The van der Waals surface area contributed by atoms with Crippen molar-refractivity contribution in [2.45, 2.75) is 19.9 Å². The van der Waals surface area contributed by atoms with Crippen molar-refractivity contribution in [3.8, 4) is 0 Å². The average molecular weight is 280 g/mol. The molecule has 0 radical (unpaired) electrons. The van der Waals surface area contributed by atoms with E-state index in [2.05, 4.69) is 47.2 Å².